The van der Waals surface area contributed by atoms with Crippen LogP contribution in [0.4, 0.5) is 0 Å². The number of nitrogens with one attached hydrogen (secondary N) is 1. The molecule has 1 saturated carbocycles. The average Bonchev–Trinajstić information content (AvgIpc) is 2.72. The van der Waals surface area contributed by atoms with Crippen molar-refractivity contribution in [2.24, 2.45) is 5.92 Å². The summed E-state index contributed by atoms with van der Waals surface area (Å²) in [6.45, 7) is 1.02. The summed E-state index contributed by atoms with van der Waals surface area (Å²) >= 11 is 11.4. The van der Waals surface area contributed by atoms with Crippen LogP contribution in [0.1, 0.15) is 38.5 Å². The van der Waals surface area contributed by atoms with E-state index in [-0.39, 0.29) is 0 Å². The number of nitrogens with zero attached hydrogens (tertiary/aromatic N) is 1. The first-order valence-electron chi connectivity index (χ1n) is 7.12. The van der Waals surface area contributed by atoms with E-state index in [2.05, 4.69) is 15.6 Å². The largest absolute Gasteiger partial charge is 0.331 e. The molecule has 2 aromatic rings. The van der Waals surface area contributed by atoms with Crippen LogP contribution in [0.3, 0.4) is 0 Å². The predicted octanol–water partition coefficient (Wildman–Crippen LogP) is 5.32. The van der Waals surface area contributed by atoms with Crippen molar-refractivity contribution in [1.82, 2.24) is 9.55 Å². The van der Waals surface area contributed by atoms with Crippen LogP contribution in [0.25, 0.3) is 11.0 Å². The van der Waals surface area contributed by atoms with Crippen LogP contribution in [0, 0.1) is 10.7 Å². The molecular weight excluding hydrogens is 276 g/mol. The quantitative estimate of drug-likeness (QED) is 0.760. The Balaban J connectivity index is 1.80. The lowest BCUT2D eigenvalue weighted by Gasteiger charge is -2.21. The van der Waals surface area contributed by atoms with Gasteiger partial charge in [0, 0.05) is 11.6 Å². The summed E-state index contributed by atoms with van der Waals surface area (Å²) in [6, 6.07) is 5.94. The van der Waals surface area contributed by atoms with E-state index >= 15 is 0 Å². The highest BCUT2D eigenvalue weighted by Gasteiger charge is 2.14. The lowest BCUT2D eigenvalue weighted by Crippen LogP contribution is -2.10. The Labute approximate surface area is 123 Å². The van der Waals surface area contributed by atoms with Gasteiger partial charge in [0.25, 0.3) is 0 Å². The van der Waals surface area contributed by atoms with Gasteiger partial charge in [-0.05, 0) is 42.8 Å². The molecule has 1 aromatic heterocycles. The number of fused-ring (bicyclic) bond motifs is 1. The van der Waals surface area contributed by atoms with Gasteiger partial charge in [0.1, 0.15) is 0 Å². The van der Waals surface area contributed by atoms with Crippen LogP contribution in [-0.4, -0.2) is 9.55 Å². The van der Waals surface area contributed by atoms with Gasteiger partial charge in [-0.2, -0.15) is 0 Å². The summed E-state index contributed by atoms with van der Waals surface area (Å²) in [6.07, 6.45) is 8.24. The van der Waals surface area contributed by atoms with Gasteiger partial charge in [0.15, 0.2) is 4.77 Å². The Kier molecular flexibility index (Phi) is 3.94. The van der Waals surface area contributed by atoms with Crippen LogP contribution in [0.2, 0.25) is 5.02 Å². The molecule has 1 N–H and O–H groups in total. The van der Waals surface area contributed by atoms with Crippen LogP contribution in [0.5, 0.6) is 0 Å². The van der Waals surface area contributed by atoms with E-state index in [4.69, 9.17) is 23.8 Å². The molecule has 102 valence electrons. The summed E-state index contributed by atoms with van der Waals surface area (Å²) < 4.78 is 3.03. The minimum Gasteiger partial charge on any atom is -0.331 e. The molecule has 1 aromatic carbocycles. The second kappa shape index (κ2) is 5.68. The van der Waals surface area contributed by atoms with Gasteiger partial charge >= 0.3 is 0 Å². The molecule has 0 radical (unpaired) electrons. The predicted molar refractivity (Wildman–Crippen MR) is 83.3 cm³/mol. The molecule has 0 bridgehead atoms. The first kappa shape index (κ1) is 13.2. The molecule has 19 heavy (non-hydrogen) atoms. The van der Waals surface area contributed by atoms with E-state index < -0.39 is 0 Å². The number of aryl methyl sites for hydroxylation is 1. The zero-order valence-electron chi connectivity index (χ0n) is 11.0. The second-order valence-electron chi connectivity index (χ2n) is 5.54. The first-order valence-corrected chi connectivity index (χ1v) is 7.91. The van der Waals surface area contributed by atoms with E-state index in [1.807, 2.05) is 12.1 Å². The Morgan fingerprint density at radius 3 is 2.84 bits per heavy atom. The third-order valence-electron chi connectivity index (χ3n) is 4.22. The fourth-order valence-corrected chi connectivity index (χ4v) is 3.62. The van der Waals surface area contributed by atoms with E-state index in [0.717, 1.165) is 27.8 Å². The third-order valence-corrected chi connectivity index (χ3v) is 4.78. The summed E-state index contributed by atoms with van der Waals surface area (Å²) in [7, 11) is 0. The maximum absolute atomic E-state index is 6.02. The number of benzene rings is 1. The number of hydrogen-bond donors (Lipinski definition) is 1. The molecule has 2 nitrogen and oxygen atoms in total. The molecular formula is C15H19ClN2S. The van der Waals surface area contributed by atoms with Gasteiger partial charge in [-0.25, -0.2) is 0 Å². The fourth-order valence-electron chi connectivity index (χ4n) is 3.15. The van der Waals surface area contributed by atoms with E-state index in [0.29, 0.717) is 0 Å². The molecule has 3 rings (SSSR count). The van der Waals surface area contributed by atoms with Crippen LogP contribution in [-0.2, 0) is 6.54 Å². The van der Waals surface area contributed by atoms with Crippen molar-refractivity contribution in [3.05, 3.63) is 28.0 Å². The van der Waals surface area contributed by atoms with Gasteiger partial charge in [0.2, 0.25) is 0 Å². The molecule has 0 unspecified atom stereocenters. The van der Waals surface area contributed by atoms with Gasteiger partial charge in [0.05, 0.1) is 11.0 Å². The monoisotopic (exact) mass is 294 g/mol. The normalized spacial score (nSPS) is 17.1. The summed E-state index contributed by atoms with van der Waals surface area (Å²) in [5, 5.41) is 0.753. The van der Waals surface area contributed by atoms with Gasteiger partial charge < -0.3 is 9.55 Å². The molecule has 0 spiro atoms. The van der Waals surface area contributed by atoms with Crippen LogP contribution in [0.15, 0.2) is 18.2 Å². The molecule has 1 aliphatic carbocycles. The number of hydrogen-bond acceptors (Lipinski definition) is 1. The molecule has 0 amide bonds. The minimum absolute atomic E-state index is 0.753. The van der Waals surface area contributed by atoms with Crippen molar-refractivity contribution in [3.63, 3.8) is 0 Å². The van der Waals surface area contributed by atoms with Crippen LogP contribution < -0.4 is 0 Å². The van der Waals surface area contributed by atoms with Crippen molar-refractivity contribution in [3.8, 4) is 0 Å². The highest BCUT2D eigenvalue weighted by Crippen LogP contribution is 2.27. The summed E-state index contributed by atoms with van der Waals surface area (Å²) in [4.78, 5) is 3.25. The van der Waals surface area contributed by atoms with Crippen molar-refractivity contribution < 1.29 is 0 Å². The van der Waals surface area contributed by atoms with Crippen molar-refractivity contribution in [1.29, 1.82) is 0 Å². The average molecular weight is 295 g/mol. The number of aromatic nitrogens is 2. The zero-order chi connectivity index (χ0) is 13.2. The zero-order valence-corrected chi connectivity index (χ0v) is 12.6. The van der Waals surface area contributed by atoms with E-state index in [1.54, 1.807) is 0 Å². The Bertz CT molecular complexity index is 623. The lowest BCUT2D eigenvalue weighted by molar-refractivity contribution is 0.325. The van der Waals surface area contributed by atoms with E-state index in [1.165, 1.54) is 44.0 Å². The second-order valence-corrected chi connectivity index (χ2v) is 6.36. The molecule has 0 aliphatic heterocycles. The minimum atomic E-state index is 0.753. The molecule has 0 saturated heterocycles. The van der Waals surface area contributed by atoms with Crippen molar-refractivity contribution in [2.75, 3.05) is 0 Å². The van der Waals surface area contributed by atoms with Gasteiger partial charge in [-0.1, -0.05) is 43.7 Å². The van der Waals surface area contributed by atoms with Crippen molar-refractivity contribution in [2.45, 2.75) is 45.1 Å². The topological polar surface area (TPSA) is 20.7 Å². The Hall–Kier alpha value is -0.800. The number of rotatable bonds is 3. The molecule has 1 heterocycles. The first-order chi connectivity index (χ1) is 9.24. The van der Waals surface area contributed by atoms with Gasteiger partial charge in [-0.3, -0.25) is 0 Å². The standard InChI is InChI=1S/C15H19ClN2S/c16-12-6-7-14-13(10-12)17-15(19)18(14)9-8-11-4-2-1-3-5-11/h6-7,10-11H,1-5,8-9H2,(H,17,19). The number of imidazole rings is 1. The molecule has 1 aliphatic rings. The summed E-state index contributed by atoms with van der Waals surface area (Å²) in [5.41, 5.74) is 2.21. The van der Waals surface area contributed by atoms with Crippen molar-refractivity contribution >= 4 is 34.9 Å². The Morgan fingerprint density at radius 2 is 2.05 bits per heavy atom. The summed E-state index contributed by atoms with van der Waals surface area (Å²) in [5.74, 6) is 0.882. The Morgan fingerprint density at radius 1 is 1.26 bits per heavy atom. The number of aromatic amines is 1. The SMILES string of the molecule is S=c1[nH]c2cc(Cl)ccc2n1CCC1CCCCC1. The molecule has 0 atom stereocenters. The molecule has 1 fully saturated rings. The maximum Gasteiger partial charge on any atom is 0.178 e. The van der Waals surface area contributed by atoms with E-state index in [9.17, 15) is 0 Å². The highest BCUT2D eigenvalue weighted by molar-refractivity contribution is 7.71. The highest BCUT2D eigenvalue weighted by atomic mass is 35.5. The smallest absolute Gasteiger partial charge is 0.178 e. The number of halogens is 1. The van der Waals surface area contributed by atoms with Gasteiger partial charge in [-0.15, -0.1) is 0 Å². The number of H-pyrrole nitrogens is 1. The fraction of sp³-hybridized carbons (Fsp3) is 0.533. The van der Waals surface area contributed by atoms with Crippen LogP contribution >= 0.6 is 23.8 Å². The molecule has 4 heteroatoms. The lowest BCUT2D eigenvalue weighted by atomic mass is 9.87. The third kappa shape index (κ3) is 2.87. The maximum atomic E-state index is 6.02.